The van der Waals surface area contributed by atoms with E-state index < -0.39 is 0 Å². The number of aryl methyl sites for hydroxylation is 1. The highest BCUT2D eigenvalue weighted by Crippen LogP contribution is 2.47. The number of piperidine rings is 1. The van der Waals surface area contributed by atoms with Crippen LogP contribution in [-0.4, -0.2) is 46.7 Å². The van der Waals surface area contributed by atoms with Gasteiger partial charge in [-0.3, -0.25) is 4.40 Å². The van der Waals surface area contributed by atoms with Crippen LogP contribution in [0.3, 0.4) is 0 Å². The van der Waals surface area contributed by atoms with Gasteiger partial charge in [0.2, 0.25) is 5.95 Å². The Balaban J connectivity index is 1.49. The third-order valence-electron chi connectivity index (χ3n) is 7.24. The number of halogens is 2. The van der Waals surface area contributed by atoms with Crippen molar-refractivity contribution in [3.8, 4) is 11.1 Å². The molecule has 3 aromatic rings. The Morgan fingerprint density at radius 3 is 2.71 bits per heavy atom. The third-order valence-corrected chi connectivity index (χ3v) is 8.06. The normalized spacial score (nSPS) is 23.2. The Labute approximate surface area is 192 Å². The van der Waals surface area contributed by atoms with Crippen molar-refractivity contribution in [2.24, 2.45) is 11.1 Å². The maximum absolute atomic E-state index is 6.55. The van der Waals surface area contributed by atoms with Crippen molar-refractivity contribution < 1.29 is 4.74 Å². The number of anilines is 1. The number of benzene rings is 1. The topological polar surface area (TPSA) is 68.7 Å². The summed E-state index contributed by atoms with van der Waals surface area (Å²) in [6.45, 7) is 3.84. The van der Waals surface area contributed by atoms with Crippen molar-refractivity contribution in [2.45, 2.75) is 44.8 Å². The van der Waals surface area contributed by atoms with Crippen LogP contribution in [0.25, 0.3) is 16.8 Å². The second-order valence-electron chi connectivity index (χ2n) is 8.85. The lowest BCUT2D eigenvalue weighted by atomic mass is 9.74. The number of nitrogens with zero attached hydrogens (tertiary/aromatic N) is 4. The van der Waals surface area contributed by atoms with Gasteiger partial charge in [0.1, 0.15) is 5.65 Å². The molecule has 1 saturated carbocycles. The SMILES string of the molecule is CO[C@@H]1C[C@@H](N)C2(CCN(c3nc(C)c(-c4cccc(Cl)c4Cl)c4nccn34)CC2)C1. The molecule has 2 aliphatic rings. The first-order valence-corrected chi connectivity index (χ1v) is 11.5. The number of hydrogen-bond acceptors (Lipinski definition) is 5. The molecule has 1 aliphatic heterocycles. The molecule has 0 amide bonds. The molecule has 2 N–H and O–H groups in total. The molecule has 1 aromatic carbocycles. The minimum absolute atomic E-state index is 0.175. The van der Waals surface area contributed by atoms with Crippen LogP contribution in [0.1, 0.15) is 31.4 Å². The van der Waals surface area contributed by atoms with E-state index in [1.165, 1.54) is 0 Å². The smallest absolute Gasteiger partial charge is 0.211 e. The van der Waals surface area contributed by atoms with Crippen molar-refractivity contribution >= 4 is 34.8 Å². The van der Waals surface area contributed by atoms with Gasteiger partial charge < -0.3 is 15.4 Å². The quantitative estimate of drug-likeness (QED) is 0.612. The molecule has 31 heavy (non-hydrogen) atoms. The van der Waals surface area contributed by atoms with Crippen LogP contribution in [0.2, 0.25) is 10.0 Å². The lowest BCUT2D eigenvalue weighted by molar-refractivity contribution is 0.0890. The lowest BCUT2D eigenvalue weighted by Crippen LogP contribution is -2.47. The van der Waals surface area contributed by atoms with Gasteiger partial charge in [-0.25, -0.2) is 9.97 Å². The number of hydrogen-bond donors (Lipinski definition) is 1. The molecule has 2 aromatic heterocycles. The zero-order chi connectivity index (χ0) is 21.8. The van der Waals surface area contributed by atoms with E-state index in [0.29, 0.717) is 10.0 Å². The fourth-order valence-electron chi connectivity index (χ4n) is 5.43. The van der Waals surface area contributed by atoms with E-state index in [4.69, 9.17) is 38.7 Å². The van der Waals surface area contributed by atoms with E-state index in [1.54, 1.807) is 13.2 Å². The van der Waals surface area contributed by atoms with E-state index in [9.17, 15) is 0 Å². The number of aromatic nitrogens is 3. The van der Waals surface area contributed by atoms with Gasteiger partial charge in [0.15, 0.2) is 0 Å². The van der Waals surface area contributed by atoms with Gasteiger partial charge in [-0.15, -0.1) is 0 Å². The summed E-state index contributed by atoms with van der Waals surface area (Å²) in [7, 11) is 1.79. The number of fused-ring (bicyclic) bond motifs is 1. The van der Waals surface area contributed by atoms with Gasteiger partial charge in [0, 0.05) is 49.8 Å². The molecule has 0 radical (unpaired) electrons. The average molecular weight is 460 g/mol. The minimum Gasteiger partial charge on any atom is -0.381 e. The zero-order valence-electron chi connectivity index (χ0n) is 17.8. The van der Waals surface area contributed by atoms with Crippen LogP contribution in [0, 0.1) is 12.3 Å². The third kappa shape index (κ3) is 3.41. The molecule has 2 atom stereocenters. The first-order chi connectivity index (χ1) is 14.9. The van der Waals surface area contributed by atoms with Crippen LogP contribution >= 0.6 is 23.2 Å². The highest BCUT2D eigenvalue weighted by molar-refractivity contribution is 6.43. The van der Waals surface area contributed by atoms with Gasteiger partial charge in [-0.2, -0.15) is 0 Å². The molecule has 1 aliphatic carbocycles. The molecule has 6 nitrogen and oxygen atoms in total. The van der Waals surface area contributed by atoms with E-state index >= 15 is 0 Å². The maximum Gasteiger partial charge on any atom is 0.211 e. The van der Waals surface area contributed by atoms with Crippen LogP contribution in [0.4, 0.5) is 5.95 Å². The summed E-state index contributed by atoms with van der Waals surface area (Å²) in [5.41, 5.74) is 10.2. The van der Waals surface area contributed by atoms with Gasteiger partial charge in [0.25, 0.3) is 0 Å². The van der Waals surface area contributed by atoms with Gasteiger partial charge in [-0.1, -0.05) is 35.3 Å². The molecular formula is C23H27Cl2N5O. The Morgan fingerprint density at radius 2 is 2.00 bits per heavy atom. The zero-order valence-corrected chi connectivity index (χ0v) is 19.3. The molecule has 3 heterocycles. The Bertz CT molecular complexity index is 1120. The van der Waals surface area contributed by atoms with Gasteiger partial charge >= 0.3 is 0 Å². The predicted molar refractivity (Wildman–Crippen MR) is 125 cm³/mol. The molecule has 5 rings (SSSR count). The molecule has 2 fully saturated rings. The van der Waals surface area contributed by atoms with Crippen LogP contribution < -0.4 is 10.6 Å². The second kappa shape index (κ2) is 7.93. The van der Waals surface area contributed by atoms with Crippen molar-refractivity contribution in [1.29, 1.82) is 0 Å². The lowest BCUT2D eigenvalue weighted by Gasteiger charge is -2.42. The summed E-state index contributed by atoms with van der Waals surface area (Å²) in [6.07, 6.45) is 8.16. The van der Waals surface area contributed by atoms with Gasteiger partial charge in [0.05, 0.1) is 21.8 Å². The predicted octanol–water partition coefficient (Wildman–Crippen LogP) is 4.73. The van der Waals surface area contributed by atoms with Crippen molar-refractivity contribution in [3.63, 3.8) is 0 Å². The largest absolute Gasteiger partial charge is 0.381 e. The minimum atomic E-state index is 0.175. The molecule has 164 valence electrons. The highest BCUT2D eigenvalue weighted by atomic mass is 35.5. The van der Waals surface area contributed by atoms with E-state index in [1.807, 2.05) is 31.5 Å². The molecule has 1 spiro atoms. The summed E-state index contributed by atoms with van der Waals surface area (Å²) in [4.78, 5) is 12.0. The number of ether oxygens (including phenoxy) is 1. The summed E-state index contributed by atoms with van der Waals surface area (Å²) >= 11 is 12.8. The van der Waals surface area contributed by atoms with Crippen LogP contribution in [-0.2, 0) is 4.74 Å². The number of rotatable bonds is 3. The van der Waals surface area contributed by atoms with E-state index in [-0.39, 0.29) is 17.6 Å². The second-order valence-corrected chi connectivity index (χ2v) is 9.63. The molecular weight excluding hydrogens is 433 g/mol. The molecule has 8 heteroatoms. The summed E-state index contributed by atoms with van der Waals surface area (Å²) in [5.74, 6) is 0.914. The molecule has 0 unspecified atom stereocenters. The Kier molecular flexibility index (Phi) is 5.37. The molecule has 1 saturated heterocycles. The summed E-state index contributed by atoms with van der Waals surface area (Å²) in [5, 5.41) is 1.05. The van der Waals surface area contributed by atoms with E-state index in [2.05, 4.69) is 14.3 Å². The highest BCUT2D eigenvalue weighted by Gasteiger charge is 2.47. The first kappa shape index (κ1) is 21.0. The van der Waals surface area contributed by atoms with Crippen molar-refractivity contribution in [3.05, 3.63) is 46.3 Å². The fourth-order valence-corrected chi connectivity index (χ4v) is 5.83. The van der Waals surface area contributed by atoms with Crippen LogP contribution in [0.5, 0.6) is 0 Å². The first-order valence-electron chi connectivity index (χ1n) is 10.7. The van der Waals surface area contributed by atoms with E-state index in [0.717, 1.165) is 67.2 Å². The standard InChI is InChI=1S/C23H27Cl2N5O/c1-14-19(16-4-3-5-17(24)20(16)25)21-27-8-11-30(21)22(28-14)29-9-6-23(7-10-29)13-15(31-2)12-18(23)26/h3-5,8,11,15,18H,6-7,9-10,12-13,26H2,1-2H3/t15-,18-/m1/s1. The number of nitrogens with two attached hydrogens (primary N) is 1. The Morgan fingerprint density at radius 1 is 1.23 bits per heavy atom. The number of imidazole rings is 1. The summed E-state index contributed by atoms with van der Waals surface area (Å²) in [6, 6.07) is 5.86. The molecule has 0 bridgehead atoms. The monoisotopic (exact) mass is 459 g/mol. The maximum atomic E-state index is 6.55. The van der Waals surface area contributed by atoms with Crippen molar-refractivity contribution in [1.82, 2.24) is 14.4 Å². The van der Waals surface area contributed by atoms with Crippen LogP contribution in [0.15, 0.2) is 30.6 Å². The number of methoxy groups -OCH3 is 1. The fraction of sp³-hybridized carbons (Fsp3) is 0.478. The summed E-state index contributed by atoms with van der Waals surface area (Å²) < 4.78 is 7.68. The van der Waals surface area contributed by atoms with Gasteiger partial charge in [-0.05, 0) is 44.1 Å². The van der Waals surface area contributed by atoms with Crippen molar-refractivity contribution in [2.75, 3.05) is 25.1 Å². The average Bonchev–Trinajstić information content (AvgIpc) is 3.36. The Hall–Kier alpha value is -1.86.